The third-order valence-electron chi connectivity index (χ3n) is 5.42. The van der Waals surface area contributed by atoms with Gasteiger partial charge in [0, 0.05) is 25.0 Å². The van der Waals surface area contributed by atoms with Crippen LogP contribution in [0.3, 0.4) is 0 Å². The van der Waals surface area contributed by atoms with Gasteiger partial charge < -0.3 is 15.2 Å². The van der Waals surface area contributed by atoms with Gasteiger partial charge in [-0.1, -0.05) is 12.1 Å². The maximum atomic E-state index is 12.2. The fraction of sp³-hybridized carbons (Fsp3) is 0.611. The number of halogens is 2. The minimum Gasteiger partial charge on any atom is -0.435 e. The molecule has 2 aliphatic rings. The Kier molecular flexibility index (Phi) is 5.33. The Morgan fingerprint density at radius 1 is 1.25 bits per heavy atom. The van der Waals surface area contributed by atoms with Crippen LogP contribution in [-0.4, -0.2) is 30.3 Å². The number of nitrogens with one attached hydrogen (secondary N) is 1. The van der Waals surface area contributed by atoms with Gasteiger partial charge in [-0.3, -0.25) is 4.79 Å². The van der Waals surface area contributed by atoms with Crippen LogP contribution in [0.1, 0.15) is 31.2 Å². The van der Waals surface area contributed by atoms with Crippen molar-refractivity contribution in [2.75, 3.05) is 6.61 Å². The van der Waals surface area contributed by atoms with Crippen molar-refractivity contribution in [3.8, 4) is 5.75 Å². The number of hydrogen-bond acceptors (Lipinski definition) is 3. The fourth-order valence-electron chi connectivity index (χ4n) is 4.25. The van der Waals surface area contributed by atoms with E-state index in [0.717, 1.165) is 24.8 Å². The van der Waals surface area contributed by atoms with Gasteiger partial charge in [0.1, 0.15) is 5.75 Å². The van der Waals surface area contributed by atoms with Crippen LogP contribution in [0.2, 0.25) is 0 Å². The Bertz CT molecular complexity index is 564. The molecule has 2 N–H and O–H groups in total. The molecule has 1 amide bonds. The van der Waals surface area contributed by atoms with Crippen molar-refractivity contribution < 1.29 is 23.4 Å². The highest BCUT2D eigenvalue weighted by Gasteiger charge is 2.47. The Hall–Kier alpha value is -1.69. The first-order valence-electron chi connectivity index (χ1n) is 8.51. The van der Waals surface area contributed by atoms with E-state index >= 15 is 0 Å². The summed E-state index contributed by atoms with van der Waals surface area (Å²) in [6.45, 7) is -2.69. The van der Waals surface area contributed by atoms with Gasteiger partial charge in [0.2, 0.25) is 5.91 Å². The SMILES string of the molecule is O=C(CCc1ccc(OC(F)F)cc1)NC1C2CCC(C2)C1CO. The summed E-state index contributed by atoms with van der Waals surface area (Å²) in [6.07, 6.45) is 4.31. The number of hydrogen-bond donors (Lipinski definition) is 2. The van der Waals surface area contributed by atoms with Gasteiger partial charge in [0.15, 0.2) is 0 Å². The van der Waals surface area contributed by atoms with Gasteiger partial charge in [-0.25, -0.2) is 0 Å². The molecule has 4 nitrogen and oxygen atoms in total. The molecule has 4 unspecified atom stereocenters. The molecular weight excluding hydrogens is 316 g/mol. The quantitative estimate of drug-likeness (QED) is 0.803. The van der Waals surface area contributed by atoms with Crippen molar-refractivity contribution in [3.63, 3.8) is 0 Å². The van der Waals surface area contributed by atoms with Crippen molar-refractivity contribution in [3.05, 3.63) is 29.8 Å². The molecule has 1 aromatic rings. The van der Waals surface area contributed by atoms with Crippen LogP contribution in [0.25, 0.3) is 0 Å². The highest BCUT2D eigenvalue weighted by molar-refractivity contribution is 5.76. The number of benzene rings is 1. The summed E-state index contributed by atoms with van der Waals surface area (Å²) in [5.41, 5.74) is 0.901. The molecule has 4 atom stereocenters. The van der Waals surface area contributed by atoms with Gasteiger partial charge in [-0.15, -0.1) is 0 Å². The highest BCUT2D eigenvalue weighted by atomic mass is 19.3. The number of rotatable bonds is 7. The number of ether oxygens (including phenoxy) is 1. The number of amides is 1. The molecule has 0 saturated heterocycles. The van der Waals surface area contributed by atoms with Crippen LogP contribution in [0, 0.1) is 17.8 Å². The molecule has 0 aromatic heterocycles. The second-order valence-electron chi connectivity index (χ2n) is 6.80. The van der Waals surface area contributed by atoms with E-state index in [2.05, 4.69) is 10.1 Å². The standard InChI is InChI=1S/C18H23F2NO3/c19-18(20)24-14-6-1-11(2-7-14)3-8-16(23)21-17-13-5-4-12(9-13)15(17)10-22/h1-2,6-7,12-13,15,17-18,22H,3-5,8-10H2,(H,21,23). The number of aliphatic hydroxyl groups excluding tert-OH is 1. The molecule has 6 heteroatoms. The molecule has 132 valence electrons. The molecule has 0 spiro atoms. The van der Waals surface area contributed by atoms with Gasteiger partial charge in [-0.05, 0) is 55.2 Å². The van der Waals surface area contributed by atoms with E-state index in [4.69, 9.17) is 0 Å². The average Bonchev–Trinajstić information content (AvgIpc) is 3.15. The van der Waals surface area contributed by atoms with E-state index in [9.17, 15) is 18.7 Å². The first-order chi connectivity index (χ1) is 11.6. The normalized spacial score (nSPS) is 28.3. The minimum absolute atomic E-state index is 0.0149. The zero-order valence-corrected chi connectivity index (χ0v) is 13.5. The summed E-state index contributed by atoms with van der Waals surface area (Å²) in [5, 5.41) is 12.6. The largest absolute Gasteiger partial charge is 0.435 e. The van der Waals surface area contributed by atoms with E-state index in [1.54, 1.807) is 12.1 Å². The van der Waals surface area contributed by atoms with Gasteiger partial charge in [0.05, 0.1) is 0 Å². The summed E-state index contributed by atoms with van der Waals surface area (Å²) in [7, 11) is 0. The Labute approximate surface area is 140 Å². The molecule has 2 aliphatic carbocycles. The van der Waals surface area contributed by atoms with Crippen molar-refractivity contribution in [2.45, 2.75) is 44.8 Å². The van der Waals surface area contributed by atoms with Crippen molar-refractivity contribution >= 4 is 5.91 Å². The number of carbonyl (C=O) groups excluding carboxylic acids is 1. The zero-order chi connectivity index (χ0) is 17.1. The number of aryl methyl sites for hydroxylation is 1. The first kappa shape index (κ1) is 17.1. The molecule has 2 fully saturated rings. The van der Waals surface area contributed by atoms with Crippen LogP contribution in [0.4, 0.5) is 8.78 Å². The molecule has 0 radical (unpaired) electrons. The highest BCUT2D eigenvalue weighted by Crippen LogP contribution is 2.48. The average molecular weight is 339 g/mol. The monoisotopic (exact) mass is 339 g/mol. The van der Waals surface area contributed by atoms with E-state index in [1.807, 2.05) is 0 Å². The summed E-state index contributed by atoms with van der Waals surface area (Å²) in [5.74, 6) is 1.35. The number of fused-ring (bicyclic) bond motifs is 2. The smallest absolute Gasteiger partial charge is 0.387 e. The van der Waals surface area contributed by atoms with Crippen LogP contribution in [0.5, 0.6) is 5.75 Å². The van der Waals surface area contributed by atoms with Crippen molar-refractivity contribution in [1.82, 2.24) is 5.32 Å². The summed E-state index contributed by atoms with van der Waals surface area (Å²) >= 11 is 0. The topological polar surface area (TPSA) is 58.6 Å². The lowest BCUT2D eigenvalue weighted by Gasteiger charge is -2.30. The molecule has 0 heterocycles. The lowest BCUT2D eigenvalue weighted by Crippen LogP contribution is -2.45. The van der Waals surface area contributed by atoms with E-state index in [-0.39, 0.29) is 30.2 Å². The molecule has 1 aromatic carbocycles. The predicted octanol–water partition coefficient (Wildman–Crippen LogP) is 2.74. The molecule has 0 aliphatic heterocycles. The van der Waals surface area contributed by atoms with E-state index < -0.39 is 6.61 Å². The second kappa shape index (κ2) is 7.47. The third kappa shape index (κ3) is 3.86. The van der Waals surface area contributed by atoms with Crippen LogP contribution in [0.15, 0.2) is 24.3 Å². The van der Waals surface area contributed by atoms with Crippen LogP contribution in [-0.2, 0) is 11.2 Å². The fourth-order valence-corrected chi connectivity index (χ4v) is 4.25. The molecule has 2 saturated carbocycles. The number of alkyl halides is 2. The van der Waals surface area contributed by atoms with E-state index in [0.29, 0.717) is 24.7 Å². The zero-order valence-electron chi connectivity index (χ0n) is 13.5. The summed E-state index contributed by atoms with van der Waals surface area (Å²) in [4.78, 5) is 12.2. The number of carbonyl (C=O) groups is 1. The Balaban J connectivity index is 1.47. The van der Waals surface area contributed by atoms with Crippen LogP contribution < -0.4 is 10.1 Å². The van der Waals surface area contributed by atoms with Gasteiger partial charge >= 0.3 is 6.61 Å². The molecular formula is C18H23F2NO3. The van der Waals surface area contributed by atoms with E-state index in [1.165, 1.54) is 12.1 Å². The Morgan fingerprint density at radius 2 is 1.96 bits per heavy atom. The molecule has 3 rings (SSSR count). The summed E-state index contributed by atoms with van der Waals surface area (Å²) < 4.78 is 28.5. The second-order valence-corrected chi connectivity index (χ2v) is 6.80. The van der Waals surface area contributed by atoms with Gasteiger partial charge in [-0.2, -0.15) is 8.78 Å². The number of aliphatic hydroxyl groups is 1. The maximum Gasteiger partial charge on any atom is 0.387 e. The Morgan fingerprint density at radius 3 is 2.62 bits per heavy atom. The molecule has 2 bridgehead atoms. The maximum absolute atomic E-state index is 12.2. The van der Waals surface area contributed by atoms with Gasteiger partial charge in [0.25, 0.3) is 0 Å². The predicted molar refractivity (Wildman–Crippen MR) is 84.7 cm³/mol. The lowest BCUT2D eigenvalue weighted by atomic mass is 9.85. The molecule has 24 heavy (non-hydrogen) atoms. The van der Waals surface area contributed by atoms with Crippen molar-refractivity contribution in [2.24, 2.45) is 17.8 Å². The first-order valence-corrected chi connectivity index (χ1v) is 8.51. The summed E-state index contributed by atoms with van der Waals surface area (Å²) in [6, 6.07) is 6.45. The van der Waals surface area contributed by atoms with Crippen molar-refractivity contribution in [1.29, 1.82) is 0 Å². The minimum atomic E-state index is -2.83. The third-order valence-corrected chi connectivity index (χ3v) is 5.42. The lowest BCUT2D eigenvalue weighted by molar-refractivity contribution is -0.122. The van der Waals surface area contributed by atoms with Crippen LogP contribution >= 0.6 is 0 Å².